The molecular weight excluding hydrogens is 770 g/mol. The van der Waals surface area contributed by atoms with Gasteiger partial charge in [-0.3, -0.25) is 9.88 Å². The Labute approximate surface area is 348 Å². The normalized spacial score (nSPS) is 21.2. The summed E-state index contributed by atoms with van der Waals surface area (Å²) < 4.78 is 60.3. The molecule has 3 aliphatic heterocycles. The van der Waals surface area contributed by atoms with E-state index in [0.29, 0.717) is 76.6 Å². The van der Waals surface area contributed by atoms with E-state index in [1.807, 2.05) is 44.9 Å². The van der Waals surface area contributed by atoms with Crippen molar-refractivity contribution in [3.63, 3.8) is 0 Å². The van der Waals surface area contributed by atoms with Gasteiger partial charge in [0.2, 0.25) is 0 Å². The SMILES string of the molecule is CC(C)[Si](C#Cc1c(F)ccc2cccc(-c3ncc4c(N(C)[C@@H]5CCN(C(=O)OC(C)(C)C)C5)nc(OC[C@]56CCCN5C[C@H](F)C6)nc4c3F)c12)(C(C)C)C(C)C. The van der Waals surface area contributed by atoms with Gasteiger partial charge in [0.05, 0.1) is 16.5 Å². The summed E-state index contributed by atoms with van der Waals surface area (Å²) in [7, 11) is -0.400. The summed E-state index contributed by atoms with van der Waals surface area (Å²) in [6.45, 7) is 21.0. The number of alkyl halides is 1. The fourth-order valence-electron chi connectivity index (χ4n) is 10.2. The number of benzene rings is 2. The van der Waals surface area contributed by atoms with Crippen LogP contribution >= 0.6 is 0 Å². The van der Waals surface area contributed by atoms with Crippen molar-refractivity contribution >= 4 is 41.7 Å². The zero-order valence-electron chi connectivity index (χ0n) is 36.3. The van der Waals surface area contributed by atoms with Gasteiger partial charge in [-0.1, -0.05) is 71.7 Å². The maximum Gasteiger partial charge on any atom is 0.410 e. The van der Waals surface area contributed by atoms with Gasteiger partial charge in [0.1, 0.15) is 49.3 Å². The molecule has 59 heavy (non-hydrogen) atoms. The molecule has 2 aromatic heterocycles. The highest BCUT2D eigenvalue weighted by Gasteiger charge is 2.49. The van der Waals surface area contributed by atoms with E-state index in [2.05, 4.69) is 62.9 Å². The predicted molar refractivity (Wildman–Crippen MR) is 231 cm³/mol. The number of amides is 1. The molecule has 3 atom stereocenters. The van der Waals surface area contributed by atoms with Gasteiger partial charge in [-0.05, 0) is 74.7 Å². The van der Waals surface area contributed by atoms with Gasteiger partial charge in [-0.2, -0.15) is 9.97 Å². The Morgan fingerprint density at radius 1 is 1.03 bits per heavy atom. The Kier molecular flexibility index (Phi) is 11.7. The number of nitrogens with zero attached hydrogens (tertiary/aromatic N) is 6. The topological polar surface area (TPSA) is 83.9 Å². The van der Waals surface area contributed by atoms with Crippen LogP contribution in [0.4, 0.5) is 23.8 Å². The molecule has 7 rings (SSSR count). The molecule has 3 aliphatic rings. The lowest BCUT2D eigenvalue weighted by atomic mass is 9.95. The van der Waals surface area contributed by atoms with E-state index in [4.69, 9.17) is 19.4 Å². The van der Waals surface area contributed by atoms with Crippen LogP contribution in [-0.4, -0.2) is 102 Å². The van der Waals surface area contributed by atoms with Crippen LogP contribution in [0.3, 0.4) is 0 Å². The van der Waals surface area contributed by atoms with Gasteiger partial charge in [0.15, 0.2) is 5.82 Å². The van der Waals surface area contributed by atoms with Crippen LogP contribution in [-0.2, 0) is 4.74 Å². The minimum Gasteiger partial charge on any atom is -0.461 e. The molecule has 2 aromatic carbocycles. The third-order valence-electron chi connectivity index (χ3n) is 13.1. The van der Waals surface area contributed by atoms with Gasteiger partial charge >= 0.3 is 12.1 Å². The largest absolute Gasteiger partial charge is 0.461 e. The van der Waals surface area contributed by atoms with Gasteiger partial charge < -0.3 is 19.3 Å². The van der Waals surface area contributed by atoms with Crippen molar-refractivity contribution in [2.45, 2.75) is 128 Å². The van der Waals surface area contributed by atoms with E-state index in [0.717, 1.165) is 19.4 Å². The Morgan fingerprint density at radius 2 is 1.76 bits per heavy atom. The molecule has 9 nitrogen and oxygen atoms in total. The Morgan fingerprint density at radius 3 is 2.46 bits per heavy atom. The number of carbonyl (C=O) groups is 1. The number of fused-ring (bicyclic) bond motifs is 3. The highest BCUT2D eigenvalue weighted by atomic mass is 28.3. The third-order valence-corrected chi connectivity index (χ3v) is 19.4. The molecule has 0 aliphatic carbocycles. The van der Waals surface area contributed by atoms with Crippen molar-refractivity contribution in [1.82, 2.24) is 24.8 Å². The van der Waals surface area contributed by atoms with Crippen LogP contribution in [0.1, 0.15) is 93.6 Å². The van der Waals surface area contributed by atoms with Crippen molar-refractivity contribution in [3.8, 4) is 28.7 Å². The van der Waals surface area contributed by atoms with Gasteiger partial charge in [-0.15, -0.1) is 5.54 Å². The van der Waals surface area contributed by atoms with Crippen molar-refractivity contribution in [2.24, 2.45) is 0 Å². The summed E-state index contributed by atoms with van der Waals surface area (Å²) in [4.78, 5) is 33.0. The Balaban J connectivity index is 1.35. The second-order valence-corrected chi connectivity index (χ2v) is 24.4. The number of carbonyl (C=O) groups excluding carboxylic acids is 1. The second kappa shape index (κ2) is 16.2. The van der Waals surface area contributed by atoms with E-state index in [1.165, 1.54) is 6.07 Å². The molecule has 0 N–H and O–H groups in total. The number of rotatable bonds is 9. The molecular formula is C46H59F3N6O3Si. The monoisotopic (exact) mass is 828 g/mol. The predicted octanol–water partition coefficient (Wildman–Crippen LogP) is 10.1. The Bertz CT molecular complexity index is 2280. The highest BCUT2D eigenvalue weighted by Crippen LogP contribution is 2.43. The lowest BCUT2D eigenvalue weighted by molar-refractivity contribution is 0.0292. The molecule has 316 valence electrons. The number of pyridine rings is 1. The number of hydrogen-bond acceptors (Lipinski definition) is 8. The van der Waals surface area contributed by atoms with Crippen molar-refractivity contribution in [1.29, 1.82) is 0 Å². The zero-order valence-corrected chi connectivity index (χ0v) is 37.3. The average Bonchev–Trinajstić information content (AvgIpc) is 3.88. The smallest absolute Gasteiger partial charge is 0.410 e. The molecule has 4 aromatic rings. The van der Waals surface area contributed by atoms with Crippen molar-refractivity contribution in [3.05, 3.63) is 53.7 Å². The first-order chi connectivity index (χ1) is 27.8. The van der Waals surface area contributed by atoms with E-state index < -0.39 is 43.1 Å². The number of halogens is 3. The maximum absolute atomic E-state index is 17.5. The molecule has 3 fully saturated rings. The number of anilines is 1. The first kappa shape index (κ1) is 42.7. The number of likely N-dealkylation sites (tertiary alicyclic amines) is 1. The van der Waals surface area contributed by atoms with Crippen LogP contribution in [0.25, 0.3) is 32.9 Å². The fourth-order valence-corrected chi connectivity index (χ4v) is 15.4. The van der Waals surface area contributed by atoms with Crippen LogP contribution in [0.2, 0.25) is 16.6 Å². The standard InChI is InChI=1S/C46H59F3N6O3Si/c1-28(2)59(29(3)4,30(5)6)22-18-34-37(48)16-15-31-13-11-14-35(38(31)34)40-39(49)41-36(24-50-40)42(53(10)33-17-21-54(26-33)44(56)58-45(7,8)9)52-43(51-41)57-27-46-19-12-20-55(46)25-32(47)23-46/h11,13-16,24,28-30,32-33H,12,17,19-21,23,25-27H2,1-10H3/t32-,33-,46-/m1/s1. The summed E-state index contributed by atoms with van der Waals surface area (Å²) in [5.41, 5.74) is 4.18. The highest BCUT2D eigenvalue weighted by molar-refractivity contribution is 6.90. The molecule has 5 heterocycles. The summed E-state index contributed by atoms with van der Waals surface area (Å²) in [6.07, 6.45) is 2.93. The quantitative estimate of drug-likeness (QED) is 0.122. The zero-order chi connectivity index (χ0) is 42.6. The summed E-state index contributed by atoms with van der Waals surface area (Å²) in [5.74, 6) is 2.54. The lowest BCUT2D eigenvalue weighted by Crippen LogP contribution is -2.43. The lowest BCUT2D eigenvalue weighted by Gasteiger charge is -2.38. The number of aromatic nitrogens is 3. The molecule has 3 saturated heterocycles. The van der Waals surface area contributed by atoms with E-state index in [1.54, 1.807) is 23.2 Å². The van der Waals surface area contributed by atoms with Crippen LogP contribution in [0.15, 0.2) is 36.5 Å². The summed E-state index contributed by atoms with van der Waals surface area (Å²) in [6, 6.07) is 8.34. The first-order valence-electron chi connectivity index (χ1n) is 21.2. The second-order valence-electron chi connectivity index (χ2n) is 18.8. The van der Waals surface area contributed by atoms with E-state index in [-0.39, 0.29) is 35.4 Å². The summed E-state index contributed by atoms with van der Waals surface area (Å²) >= 11 is 0. The third kappa shape index (κ3) is 7.99. The number of ether oxygens (including phenoxy) is 2. The van der Waals surface area contributed by atoms with E-state index >= 15 is 8.78 Å². The number of likely N-dealkylation sites (N-methyl/N-ethyl adjacent to an activating group) is 1. The minimum absolute atomic E-state index is 0.00341. The molecule has 0 spiro atoms. The van der Waals surface area contributed by atoms with Gasteiger partial charge in [-0.25, -0.2) is 18.0 Å². The van der Waals surface area contributed by atoms with Crippen LogP contribution < -0.4 is 9.64 Å². The minimum atomic E-state index is -2.26. The maximum atomic E-state index is 17.5. The molecule has 0 bridgehead atoms. The van der Waals surface area contributed by atoms with Crippen LogP contribution in [0.5, 0.6) is 6.01 Å². The first-order valence-corrected chi connectivity index (χ1v) is 23.4. The molecule has 13 heteroatoms. The average molecular weight is 829 g/mol. The Hall–Kier alpha value is -4.41. The van der Waals surface area contributed by atoms with Gasteiger partial charge in [0, 0.05) is 56.3 Å². The summed E-state index contributed by atoms with van der Waals surface area (Å²) in [5, 5.41) is 1.56. The van der Waals surface area contributed by atoms with Gasteiger partial charge in [0.25, 0.3) is 0 Å². The van der Waals surface area contributed by atoms with Crippen molar-refractivity contribution in [2.75, 3.05) is 44.7 Å². The van der Waals surface area contributed by atoms with E-state index in [9.17, 15) is 9.18 Å². The molecule has 0 unspecified atom stereocenters. The number of hydrogen-bond donors (Lipinski definition) is 0. The molecule has 1 amide bonds. The fraction of sp³-hybridized carbons (Fsp3) is 0.565. The molecule has 0 radical (unpaired) electrons. The van der Waals surface area contributed by atoms with Crippen LogP contribution in [0, 0.1) is 23.1 Å². The molecule has 0 saturated carbocycles. The van der Waals surface area contributed by atoms with Crippen molar-refractivity contribution < 1.29 is 27.4 Å².